The molecule has 0 radical (unpaired) electrons. The van der Waals surface area contributed by atoms with Gasteiger partial charge in [-0.15, -0.1) is 0 Å². The standard InChI is InChI=1S/C23H22F3NO9S/c1-2-34-17-9-14(10-27)13(8-16(17)22-21(31)20(30)19(29)18(11-28)35-22)7-12-3-5-15(6-4-12)36-37(32,33)23(24,25)26/h3-6,8-9,11,19-22,28-31H,2,7H2,1H3/b18-11+/t19-,20?,21-,22+/m1/s1. The zero-order valence-corrected chi connectivity index (χ0v) is 19.9. The number of aliphatic hydroxyl groups excluding tert-OH is 4. The number of benzene rings is 2. The van der Waals surface area contributed by atoms with Gasteiger partial charge in [-0.05, 0) is 48.7 Å². The average Bonchev–Trinajstić information content (AvgIpc) is 2.84. The minimum Gasteiger partial charge on any atom is -0.512 e. The van der Waals surface area contributed by atoms with Crippen LogP contribution in [0.1, 0.15) is 35.3 Å². The highest BCUT2D eigenvalue weighted by Crippen LogP contribution is 2.40. The van der Waals surface area contributed by atoms with Crippen molar-refractivity contribution < 1.29 is 55.7 Å². The van der Waals surface area contributed by atoms with Crippen molar-refractivity contribution in [1.82, 2.24) is 0 Å². The van der Waals surface area contributed by atoms with Gasteiger partial charge in [-0.3, -0.25) is 0 Å². The third kappa shape index (κ3) is 5.91. The van der Waals surface area contributed by atoms with Gasteiger partial charge >= 0.3 is 15.6 Å². The molecule has 37 heavy (non-hydrogen) atoms. The fourth-order valence-electron chi connectivity index (χ4n) is 3.63. The Kier molecular flexibility index (Phi) is 8.23. The van der Waals surface area contributed by atoms with Gasteiger partial charge in [0.05, 0.1) is 18.2 Å². The number of ether oxygens (including phenoxy) is 2. The van der Waals surface area contributed by atoms with E-state index in [1.54, 1.807) is 6.92 Å². The van der Waals surface area contributed by atoms with Crippen molar-refractivity contribution in [3.8, 4) is 17.6 Å². The Morgan fingerprint density at radius 3 is 2.32 bits per heavy atom. The summed E-state index contributed by atoms with van der Waals surface area (Å²) in [5.74, 6) is -0.835. The lowest BCUT2D eigenvalue weighted by Crippen LogP contribution is -2.48. The second-order valence-corrected chi connectivity index (χ2v) is 9.43. The molecule has 1 unspecified atom stereocenters. The summed E-state index contributed by atoms with van der Waals surface area (Å²) >= 11 is 0. The third-order valence-corrected chi connectivity index (χ3v) is 6.41. The molecule has 200 valence electrons. The lowest BCUT2D eigenvalue weighted by molar-refractivity contribution is -0.159. The maximum Gasteiger partial charge on any atom is 0.534 e. The van der Waals surface area contributed by atoms with E-state index in [2.05, 4.69) is 4.18 Å². The van der Waals surface area contributed by atoms with Gasteiger partial charge in [-0.1, -0.05) is 12.1 Å². The molecule has 1 saturated heterocycles. The number of hydrogen-bond acceptors (Lipinski definition) is 10. The van der Waals surface area contributed by atoms with Gasteiger partial charge < -0.3 is 34.1 Å². The Balaban J connectivity index is 1.97. The number of nitriles is 1. The number of nitrogens with zero attached hydrogens (tertiary/aromatic N) is 1. The molecule has 1 heterocycles. The summed E-state index contributed by atoms with van der Waals surface area (Å²) in [5, 5.41) is 49.7. The van der Waals surface area contributed by atoms with E-state index in [1.165, 1.54) is 24.3 Å². The molecule has 4 N–H and O–H groups in total. The summed E-state index contributed by atoms with van der Waals surface area (Å²) in [4.78, 5) is 0. The van der Waals surface area contributed by atoms with Crippen LogP contribution >= 0.6 is 0 Å². The summed E-state index contributed by atoms with van der Waals surface area (Å²) in [6, 6.07) is 9.47. The van der Waals surface area contributed by atoms with Crippen molar-refractivity contribution in [1.29, 1.82) is 5.26 Å². The molecule has 3 rings (SSSR count). The van der Waals surface area contributed by atoms with E-state index in [9.17, 15) is 47.3 Å². The third-order valence-electron chi connectivity index (χ3n) is 5.44. The van der Waals surface area contributed by atoms with Crippen LogP contribution in [0.15, 0.2) is 48.4 Å². The van der Waals surface area contributed by atoms with Crippen molar-refractivity contribution in [2.45, 2.75) is 43.3 Å². The second-order valence-electron chi connectivity index (χ2n) is 7.89. The number of alkyl halides is 3. The fraction of sp³-hybridized carbons (Fsp3) is 0.348. The van der Waals surface area contributed by atoms with E-state index in [4.69, 9.17) is 9.47 Å². The van der Waals surface area contributed by atoms with E-state index < -0.39 is 51.6 Å². The van der Waals surface area contributed by atoms with E-state index in [-0.39, 0.29) is 29.9 Å². The first kappa shape index (κ1) is 28.1. The number of rotatable bonds is 7. The number of halogens is 3. The Morgan fingerprint density at radius 1 is 1.14 bits per heavy atom. The Labute approximate surface area is 209 Å². The summed E-state index contributed by atoms with van der Waals surface area (Å²) in [6.45, 7) is 1.83. The van der Waals surface area contributed by atoms with Crippen LogP contribution in [0.5, 0.6) is 11.5 Å². The van der Waals surface area contributed by atoms with Gasteiger partial charge in [0, 0.05) is 5.56 Å². The van der Waals surface area contributed by atoms with Crippen LogP contribution < -0.4 is 8.92 Å². The molecule has 2 aromatic carbocycles. The van der Waals surface area contributed by atoms with Crippen LogP contribution in [0.25, 0.3) is 0 Å². The highest BCUT2D eigenvalue weighted by molar-refractivity contribution is 7.88. The number of hydrogen-bond donors (Lipinski definition) is 4. The van der Waals surface area contributed by atoms with Crippen LogP contribution in [0.2, 0.25) is 0 Å². The molecule has 1 aliphatic rings. The lowest BCUT2D eigenvalue weighted by Gasteiger charge is -2.37. The first-order chi connectivity index (χ1) is 17.3. The van der Waals surface area contributed by atoms with Crippen molar-refractivity contribution in [3.05, 3.63) is 70.7 Å². The predicted octanol–water partition coefficient (Wildman–Crippen LogP) is 2.33. The molecular weight excluding hydrogens is 523 g/mol. The highest BCUT2D eigenvalue weighted by Gasteiger charge is 2.48. The van der Waals surface area contributed by atoms with E-state index in [0.717, 1.165) is 12.1 Å². The van der Waals surface area contributed by atoms with Crippen molar-refractivity contribution >= 4 is 10.1 Å². The van der Waals surface area contributed by atoms with E-state index in [0.29, 0.717) is 17.4 Å². The van der Waals surface area contributed by atoms with Crippen LogP contribution in [0.3, 0.4) is 0 Å². The van der Waals surface area contributed by atoms with Gasteiger partial charge in [0.1, 0.15) is 36.1 Å². The van der Waals surface area contributed by atoms with E-state index >= 15 is 0 Å². The average molecular weight is 545 g/mol. The Morgan fingerprint density at radius 2 is 1.78 bits per heavy atom. The molecule has 0 amide bonds. The monoisotopic (exact) mass is 545 g/mol. The summed E-state index contributed by atoms with van der Waals surface area (Å²) in [5.41, 5.74) is -4.43. The van der Waals surface area contributed by atoms with Gasteiger partial charge in [-0.2, -0.15) is 26.9 Å². The predicted molar refractivity (Wildman–Crippen MR) is 120 cm³/mol. The Bertz CT molecular complexity index is 1300. The second kappa shape index (κ2) is 10.9. The van der Waals surface area contributed by atoms with Crippen molar-refractivity contribution in [2.24, 2.45) is 0 Å². The molecule has 0 bridgehead atoms. The maximum atomic E-state index is 12.5. The molecule has 2 aromatic rings. The minimum atomic E-state index is -5.84. The van der Waals surface area contributed by atoms with Crippen LogP contribution in [0.4, 0.5) is 13.2 Å². The van der Waals surface area contributed by atoms with Gasteiger partial charge in [-0.25, -0.2) is 0 Å². The topological polar surface area (TPSA) is 167 Å². The normalized spacial score (nSPS) is 23.2. The highest BCUT2D eigenvalue weighted by atomic mass is 32.2. The largest absolute Gasteiger partial charge is 0.534 e. The van der Waals surface area contributed by atoms with Crippen molar-refractivity contribution in [2.75, 3.05) is 6.61 Å². The summed E-state index contributed by atoms with van der Waals surface area (Å²) in [7, 11) is -5.84. The molecule has 10 nitrogen and oxygen atoms in total. The molecule has 1 fully saturated rings. The molecule has 14 heteroatoms. The lowest BCUT2D eigenvalue weighted by atomic mass is 9.89. The zero-order valence-electron chi connectivity index (χ0n) is 19.1. The fourth-order valence-corrected chi connectivity index (χ4v) is 4.09. The van der Waals surface area contributed by atoms with Crippen LogP contribution in [0, 0.1) is 11.3 Å². The molecule has 0 aliphatic carbocycles. The molecule has 0 aromatic heterocycles. The zero-order chi connectivity index (χ0) is 27.5. The molecule has 0 spiro atoms. The van der Waals surface area contributed by atoms with E-state index in [1.807, 2.05) is 6.07 Å². The quantitative estimate of drug-likeness (QED) is 0.230. The SMILES string of the molecule is CCOc1cc(C#N)c(Cc2ccc(OS(=O)(=O)C(F)(F)F)cc2)cc1[C@@H]1O/C(=C/O)[C@@H](O)C(O)[C@H]1O. The summed E-state index contributed by atoms with van der Waals surface area (Å²) < 4.78 is 75.1. The number of aliphatic hydroxyl groups is 4. The molecule has 4 atom stereocenters. The van der Waals surface area contributed by atoms with Gasteiger partial charge in [0.2, 0.25) is 0 Å². The minimum absolute atomic E-state index is 0.0330. The van der Waals surface area contributed by atoms with Crippen LogP contribution in [-0.2, 0) is 21.3 Å². The Hall–Kier alpha value is -3.51. The first-order valence-corrected chi connectivity index (χ1v) is 12.1. The first-order valence-electron chi connectivity index (χ1n) is 10.7. The maximum absolute atomic E-state index is 12.5. The van der Waals surface area contributed by atoms with Crippen LogP contribution in [-0.4, -0.2) is 59.3 Å². The van der Waals surface area contributed by atoms with Gasteiger partial charge in [0.25, 0.3) is 0 Å². The van der Waals surface area contributed by atoms with Gasteiger partial charge in [0.15, 0.2) is 11.9 Å². The van der Waals surface area contributed by atoms with Crippen molar-refractivity contribution in [3.63, 3.8) is 0 Å². The summed E-state index contributed by atoms with van der Waals surface area (Å²) in [6.07, 6.45) is -5.89. The molecule has 1 aliphatic heterocycles. The molecular formula is C23H22F3NO9S. The molecule has 0 saturated carbocycles. The smallest absolute Gasteiger partial charge is 0.512 e.